The molecular formula is C14H20N2O4. The first kappa shape index (κ1) is 14.6. The fourth-order valence-electron chi connectivity index (χ4n) is 2.16. The molecule has 0 aliphatic heterocycles. The van der Waals surface area contributed by atoms with Gasteiger partial charge in [-0.05, 0) is 19.3 Å². The molecule has 0 aromatic heterocycles. The van der Waals surface area contributed by atoms with Gasteiger partial charge in [-0.15, -0.1) is 0 Å². The molecule has 1 N–H and O–H groups in total. The number of non-ortho nitro benzene ring substituents is 1. The average molecular weight is 280 g/mol. The molecule has 2 rings (SSSR count). The summed E-state index contributed by atoms with van der Waals surface area (Å²) < 4.78 is 5.52. The first-order valence-electron chi connectivity index (χ1n) is 6.95. The summed E-state index contributed by atoms with van der Waals surface area (Å²) in [5.41, 5.74) is 0.777. The van der Waals surface area contributed by atoms with Crippen LogP contribution in [-0.4, -0.2) is 35.8 Å². The minimum Gasteiger partial charge on any atom is -0.493 e. The molecule has 6 heteroatoms. The Hall–Kier alpha value is -1.82. The van der Waals surface area contributed by atoms with Gasteiger partial charge in [0.1, 0.15) is 5.75 Å². The number of benzene rings is 1. The van der Waals surface area contributed by atoms with Crippen molar-refractivity contribution in [2.24, 2.45) is 0 Å². The third kappa shape index (κ3) is 3.60. The van der Waals surface area contributed by atoms with Gasteiger partial charge in [0.25, 0.3) is 5.69 Å². The van der Waals surface area contributed by atoms with Crippen LogP contribution in [0.3, 0.4) is 0 Å². The summed E-state index contributed by atoms with van der Waals surface area (Å²) in [4.78, 5) is 12.6. The van der Waals surface area contributed by atoms with Crippen LogP contribution in [0, 0.1) is 10.1 Å². The van der Waals surface area contributed by atoms with Crippen LogP contribution in [0.4, 0.5) is 11.4 Å². The van der Waals surface area contributed by atoms with E-state index in [2.05, 4.69) is 0 Å². The Bertz CT molecular complexity index is 474. The molecule has 110 valence electrons. The normalized spacial score (nSPS) is 14.1. The van der Waals surface area contributed by atoms with Gasteiger partial charge in [0.15, 0.2) is 0 Å². The number of aliphatic hydroxyl groups is 1. The van der Waals surface area contributed by atoms with E-state index in [0.29, 0.717) is 24.9 Å². The molecule has 1 aromatic carbocycles. The zero-order valence-electron chi connectivity index (χ0n) is 11.6. The van der Waals surface area contributed by atoms with E-state index in [0.717, 1.165) is 24.9 Å². The number of nitro groups is 1. The summed E-state index contributed by atoms with van der Waals surface area (Å²) in [5, 5.41) is 20.2. The van der Waals surface area contributed by atoms with E-state index in [1.165, 1.54) is 6.07 Å². The largest absolute Gasteiger partial charge is 0.493 e. The standard InChI is InChI=1S/C14H20N2O4/c1-2-7-20-14-9-12(8-13(10-14)16(18)19)15(5-6-17)11-3-4-11/h8-11,17H,2-7H2,1H3. The minimum atomic E-state index is -0.410. The van der Waals surface area contributed by atoms with E-state index in [-0.39, 0.29) is 12.3 Å². The van der Waals surface area contributed by atoms with Crippen molar-refractivity contribution in [2.75, 3.05) is 24.7 Å². The molecule has 0 spiro atoms. The number of ether oxygens (including phenoxy) is 1. The summed E-state index contributed by atoms with van der Waals surface area (Å²) in [6.07, 6.45) is 2.97. The maximum Gasteiger partial charge on any atom is 0.275 e. The second-order valence-corrected chi connectivity index (χ2v) is 4.94. The number of hydrogen-bond donors (Lipinski definition) is 1. The van der Waals surface area contributed by atoms with Gasteiger partial charge in [-0.25, -0.2) is 0 Å². The molecule has 0 unspecified atom stereocenters. The van der Waals surface area contributed by atoms with E-state index in [1.54, 1.807) is 6.07 Å². The molecule has 0 saturated heterocycles. The van der Waals surface area contributed by atoms with Crippen LogP contribution in [0.15, 0.2) is 18.2 Å². The predicted octanol–water partition coefficient (Wildman–Crippen LogP) is 2.34. The number of hydrogen-bond acceptors (Lipinski definition) is 5. The van der Waals surface area contributed by atoms with Crippen LogP contribution in [0.5, 0.6) is 5.75 Å². The SMILES string of the molecule is CCCOc1cc(N(CCO)C2CC2)cc([N+](=O)[O-])c1. The zero-order valence-corrected chi connectivity index (χ0v) is 11.6. The lowest BCUT2D eigenvalue weighted by atomic mass is 10.2. The summed E-state index contributed by atoms with van der Waals surface area (Å²) in [6.45, 7) is 3.04. The first-order valence-corrected chi connectivity index (χ1v) is 6.95. The Morgan fingerprint density at radius 3 is 2.75 bits per heavy atom. The zero-order chi connectivity index (χ0) is 14.5. The van der Waals surface area contributed by atoms with Gasteiger partial charge in [0.05, 0.1) is 24.2 Å². The minimum absolute atomic E-state index is 0.0252. The van der Waals surface area contributed by atoms with Gasteiger partial charge >= 0.3 is 0 Å². The molecule has 1 aliphatic rings. The van der Waals surface area contributed by atoms with Gasteiger partial charge in [0.2, 0.25) is 0 Å². The second-order valence-electron chi connectivity index (χ2n) is 4.94. The molecule has 20 heavy (non-hydrogen) atoms. The molecular weight excluding hydrogens is 260 g/mol. The molecule has 1 saturated carbocycles. The highest BCUT2D eigenvalue weighted by atomic mass is 16.6. The predicted molar refractivity (Wildman–Crippen MR) is 76.3 cm³/mol. The van der Waals surface area contributed by atoms with E-state index < -0.39 is 4.92 Å². The second kappa shape index (κ2) is 6.56. The molecule has 0 radical (unpaired) electrons. The fourth-order valence-corrected chi connectivity index (χ4v) is 2.16. The van der Waals surface area contributed by atoms with Crippen LogP contribution in [-0.2, 0) is 0 Å². The Kier molecular flexibility index (Phi) is 4.79. The van der Waals surface area contributed by atoms with Crippen LogP contribution in [0.2, 0.25) is 0 Å². The van der Waals surface area contributed by atoms with Crippen molar-refractivity contribution in [3.05, 3.63) is 28.3 Å². The van der Waals surface area contributed by atoms with Gasteiger partial charge in [0, 0.05) is 30.4 Å². The summed E-state index contributed by atoms with van der Waals surface area (Å²) in [5.74, 6) is 0.514. The van der Waals surface area contributed by atoms with Gasteiger partial charge in [-0.2, -0.15) is 0 Å². The molecule has 0 amide bonds. The Morgan fingerprint density at radius 1 is 1.45 bits per heavy atom. The van der Waals surface area contributed by atoms with Crippen molar-refractivity contribution in [3.8, 4) is 5.75 Å². The van der Waals surface area contributed by atoms with Crippen LogP contribution < -0.4 is 9.64 Å². The summed E-state index contributed by atoms with van der Waals surface area (Å²) >= 11 is 0. The molecule has 0 atom stereocenters. The number of aliphatic hydroxyl groups excluding tert-OH is 1. The lowest BCUT2D eigenvalue weighted by Crippen LogP contribution is -2.28. The van der Waals surface area contributed by atoms with Gasteiger partial charge in [-0.3, -0.25) is 10.1 Å². The Morgan fingerprint density at radius 2 is 2.20 bits per heavy atom. The van der Waals surface area contributed by atoms with Crippen molar-refractivity contribution < 1.29 is 14.8 Å². The molecule has 0 heterocycles. The van der Waals surface area contributed by atoms with Crippen molar-refractivity contribution in [1.82, 2.24) is 0 Å². The fraction of sp³-hybridized carbons (Fsp3) is 0.571. The van der Waals surface area contributed by atoms with Crippen LogP contribution in [0.1, 0.15) is 26.2 Å². The van der Waals surface area contributed by atoms with Crippen molar-refractivity contribution >= 4 is 11.4 Å². The van der Waals surface area contributed by atoms with E-state index in [1.807, 2.05) is 17.9 Å². The Balaban J connectivity index is 2.29. The van der Waals surface area contributed by atoms with E-state index in [9.17, 15) is 10.1 Å². The third-order valence-corrected chi connectivity index (χ3v) is 3.22. The van der Waals surface area contributed by atoms with E-state index in [4.69, 9.17) is 9.84 Å². The molecule has 0 bridgehead atoms. The van der Waals surface area contributed by atoms with Gasteiger partial charge < -0.3 is 14.7 Å². The number of nitro benzene ring substituents is 1. The number of nitrogens with zero attached hydrogens (tertiary/aromatic N) is 2. The molecule has 1 aliphatic carbocycles. The first-order chi connectivity index (χ1) is 9.65. The number of anilines is 1. The highest BCUT2D eigenvalue weighted by Gasteiger charge is 2.30. The molecule has 1 fully saturated rings. The Labute approximate surface area is 118 Å². The van der Waals surface area contributed by atoms with Gasteiger partial charge in [-0.1, -0.05) is 6.92 Å². The quantitative estimate of drug-likeness (QED) is 0.584. The summed E-state index contributed by atoms with van der Waals surface area (Å²) in [6, 6.07) is 5.19. The summed E-state index contributed by atoms with van der Waals surface area (Å²) in [7, 11) is 0. The maximum atomic E-state index is 11.0. The van der Waals surface area contributed by atoms with Crippen molar-refractivity contribution in [2.45, 2.75) is 32.2 Å². The number of rotatable bonds is 8. The third-order valence-electron chi connectivity index (χ3n) is 3.22. The topological polar surface area (TPSA) is 75.8 Å². The van der Waals surface area contributed by atoms with Crippen molar-refractivity contribution in [1.29, 1.82) is 0 Å². The average Bonchev–Trinajstić information content (AvgIpc) is 3.26. The van der Waals surface area contributed by atoms with Crippen molar-refractivity contribution in [3.63, 3.8) is 0 Å². The molecule has 6 nitrogen and oxygen atoms in total. The lowest BCUT2D eigenvalue weighted by Gasteiger charge is -2.24. The van der Waals surface area contributed by atoms with Crippen LogP contribution >= 0.6 is 0 Å². The lowest BCUT2D eigenvalue weighted by molar-refractivity contribution is -0.384. The van der Waals surface area contributed by atoms with Crippen LogP contribution in [0.25, 0.3) is 0 Å². The molecule has 1 aromatic rings. The maximum absolute atomic E-state index is 11.0. The smallest absolute Gasteiger partial charge is 0.275 e. The highest BCUT2D eigenvalue weighted by Crippen LogP contribution is 2.35. The van der Waals surface area contributed by atoms with E-state index >= 15 is 0 Å². The highest BCUT2D eigenvalue weighted by molar-refractivity contribution is 5.59. The monoisotopic (exact) mass is 280 g/mol.